The summed E-state index contributed by atoms with van der Waals surface area (Å²) >= 11 is 0. The molecule has 31 heavy (non-hydrogen) atoms. The summed E-state index contributed by atoms with van der Waals surface area (Å²) < 4.78 is 30.3. The Kier molecular flexibility index (Phi) is 6.72. The second-order valence-corrected chi connectivity index (χ2v) is 6.20. The molecule has 0 N–H and O–H groups in total. The number of allylic oxidation sites excluding steroid dienone is 5. The minimum Gasteiger partial charge on any atom is -0.434 e. The molecule has 0 bridgehead atoms. The summed E-state index contributed by atoms with van der Waals surface area (Å²) in [5.41, 5.74) is 0.619. The van der Waals surface area contributed by atoms with Gasteiger partial charge in [-0.3, -0.25) is 4.79 Å². The van der Waals surface area contributed by atoms with E-state index in [2.05, 4.69) is 4.74 Å². The second-order valence-electron chi connectivity index (χ2n) is 6.20. The number of alkyl halides is 2. The molecule has 0 saturated heterocycles. The molecule has 152 valence electrons. The fourth-order valence-corrected chi connectivity index (χ4v) is 2.93. The third-order valence-electron chi connectivity index (χ3n) is 4.30. The fourth-order valence-electron chi connectivity index (χ4n) is 2.93. The highest BCUT2D eigenvalue weighted by Gasteiger charge is 2.24. The van der Waals surface area contributed by atoms with Crippen LogP contribution in [0, 0.1) is 22.7 Å². The Balaban J connectivity index is 2.21. The minimum atomic E-state index is -3.04. The highest BCUT2D eigenvalue weighted by atomic mass is 19.3. The molecule has 1 aliphatic heterocycles. The molecule has 0 saturated carbocycles. The Hall–Kier alpha value is -4.49. The van der Waals surface area contributed by atoms with Crippen LogP contribution >= 0.6 is 0 Å². The van der Waals surface area contributed by atoms with Crippen molar-refractivity contribution in [2.75, 3.05) is 0 Å². The number of hydrogen-bond donors (Lipinski definition) is 0. The van der Waals surface area contributed by atoms with Gasteiger partial charge >= 0.3 is 6.61 Å². The van der Waals surface area contributed by atoms with E-state index in [-0.39, 0.29) is 28.3 Å². The van der Waals surface area contributed by atoms with Gasteiger partial charge in [-0.2, -0.15) is 19.3 Å². The van der Waals surface area contributed by atoms with Gasteiger partial charge in [0.1, 0.15) is 17.9 Å². The molecule has 1 aliphatic rings. The van der Waals surface area contributed by atoms with E-state index >= 15 is 0 Å². The summed E-state index contributed by atoms with van der Waals surface area (Å²) in [6.07, 6.45) is 7.69. The van der Waals surface area contributed by atoms with E-state index in [9.17, 15) is 24.1 Å². The first-order valence-corrected chi connectivity index (χ1v) is 9.09. The molecule has 0 radical (unpaired) electrons. The number of Topliss-reactive ketones (excluding diaryl/α,β-unsaturated/α-hetero) is 1. The molecule has 0 unspecified atom stereocenters. The molecule has 5 nitrogen and oxygen atoms in total. The molecule has 0 atom stereocenters. The monoisotopic (exact) mass is 415 g/mol. The normalized spacial score (nSPS) is 13.0. The van der Waals surface area contributed by atoms with Crippen LogP contribution in [0.4, 0.5) is 8.78 Å². The summed E-state index contributed by atoms with van der Waals surface area (Å²) in [7, 11) is 0. The number of hydrogen-bond acceptors (Lipinski definition) is 5. The maximum atomic E-state index is 13.4. The van der Waals surface area contributed by atoms with Gasteiger partial charge in [-0.05, 0) is 24.3 Å². The number of nitrogens with zero attached hydrogens (tertiary/aromatic N) is 3. The van der Waals surface area contributed by atoms with Crippen molar-refractivity contribution < 1.29 is 18.3 Å². The quantitative estimate of drug-likeness (QED) is 0.368. The third-order valence-corrected chi connectivity index (χ3v) is 4.30. The van der Waals surface area contributed by atoms with Crippen LogP contribution in [0.25, 0.3) is 6.08 Å². The molecule has 3 rings (SSSR count). The van der Waals surface area contributed by atoms with Gasteiger partial charge in [0.05, 0.1) is 11.4 Å². The fraction of sp³-hybridized carbons (Fsp3) is 0.0417. The number of halogens is 2. The van der Waals surface area contributed by atoms with E-state index in [4.69, 9.17) is 0 Å². The van der Waals surface area contributed by atoms with Gasteiger partial charge in [-0.15, -0.1) is 0 Å². The van der Waals surface area contributed by atoms with Crippen molar-refractivity contribution in [1.82, 2.24) is 4.90 Å². The van der Waals surface area contributed by atoms with Gasteiger partial charge in [0, 0.05) is 17.3 Å². The average Bonchev–Trinajstić information content (AvgIpc) is 2.79. The van der Waals surface area contributed by atoms with Gasteiger partial charge in [0.2, 0.25) is 5.78 Å². The Morgan fingerprint density at radius 3 is 2.35 bits per heavy atom. The average molecular weight is 415 g/mol. The lowest BCUT2D eigenvalue weighted by Crippen LogP contribution is -2.24. The first-order valence-electron chi connectivity index (χ1n) is 9.09. The van der Waals surface area contributed by atoms with E-state index in [0.29, 0.717) is 5.56 Å². The van der Waals surface area contributed by atoms with Crippen molar-refractivity contribution in [2.24, 2.45) is 0 Å². The van der Waals surface area contributed by atoms with Crippen molar-refractivity contribution in [3.8, 4) is 17.9 Å². The Morgan fingerprint density at radius 2 is 1.68 bits per heavy atom. The first kappa shape index (κ1) is 21.2. The van der Waals surface area contributed by atoms with Crippen molar-refractivity contribution in [3.05, 3.63) is 107 Å². The van der Waals surface area contributed by atoms with E-state index in [1.165, 1.54) is 41.5 Å². The molecule has 0 fully saturated rings. The summed E-state index contributed by atoms with van der Waals surface area (Å²) in [5, 5.41) is 18.7. The van der Waals surface area contributed by atoms with Crippen LogP contribution in [-0.2, 0) is 0 Å². The number of nitriles is 2. The Morgan fingerprint density at radius 1 is 1.00 bits per heavy atom. The number of carbonyl (C=O) groups excluding carboxylic acids is 1. The lowest BCUT2D eigenvalue weighted by atomic mass is 10.0. The van der Waals surface area contributed by atoms with Gasteiger partial charge in [0.15, 0.2) is 5.57 Å². The van der Waals surface area contributed by atoms with Crippen molar-refractivity contribution in [3.63, 3.8) is 0 Å². The van der Waals surface area contributed by atoms with Gasteiger partial charge in [-0.25, -0.2) is 0 Å². The predicted molar refractivity (Wildman–Crippen MR) is 110 cm³/mol. The van der Waals surface area contributed by atoms with Crippen LogP contribution in [-0.4, -0.2) is 17.3 Å². The van der Waals surface area contributed by atoms with Crippen molar-refractivity contribution >= 4 is 11.9 Å². The van der Waals surface area contributed by atoms with Gasteiger partial charge < -0.3 is 9.64 Å². The smallest absolute Gasteiger partial charge is 0.387 e. The maximum absolute atomic E-state index is 13.4. The highest BCUT2D eigenvalue weighted by Crippen LogP contribution is 2.29. The molecule has 1 heterocycles. The maximum Gasteiger partial charge on any atom is 0.387 e. The lowest BCUT2D eigenvalue weighted by Gasteiger charge is -2.26. The zero-order valence-electron chi connectivity index (χ0n) is 16.1. The number of ether oxygens (including phenoxy) is 1. The molecule has 7 heteroatoms. The number of rotatable bonds is 6. The molecule has 2 aromatic carbocycles. The van der Waals surface area contributed by atoms with Crippen LogP contribution < -0.4 is 4.74 Å². The van der Waals surface area contributed by atoms with E-state index in [0.717, 1.165) is 0 Å². The summed E-state index contributed by atoms with van der Waals surface area (Å²) in [6.45, 7) is -3.04. The molecule has 0 aromatic heterocycles. The lowest BCUT2D eigenvalue weighted by molar-refractivity contribution is -0.0499. The summed E-state index contributed by atoms with van der Waals surface area (Å²) in [5.74, 6) is -0.543. The van der Waals surface area contributed by atoms with E-state index < -0.39 is 12.4 Å². The topological polar surface area (TPSA) is 77.1 Å². The zero-order valence-corrected chi connectivity index (χ0v) is 16.1. The molecular formula is C24H15F2N3O2. The molecule has 0 aliphatic carbocycles. The van der Waals surface area contributed by atoms with Crippen LogP contribution in [0.5, 0.6) is 5.75 Å². The Bertz CT molecular complexity index is 1170. The van der Waals surface area contributed by atoms with E-state index in [1.807, 2.05) is 12.1 Å². The standard InChI is InChI=1S/C24H15F2N3O2/c25-24(26)31-22-12-5-4-10-18(22)14-21(23(30)17-8-2-1-3-9-17)29-13-7-6-11-20(29)19(15-27)16-28/h1-14,24H/b21-14-. The number of benzene rings is 2. The molecular weight excluding hydrogens is 400 g/mol. The predicted octanol–water partition coefficient (Wildman–Crippen LogP) is 5.20. The summed E-state index contributed by atoms with van der Waals surface area (Å²) in [4.78, 5) is 14.8. The molecule has 0 amide bonds. The van der Waals surface area contributed by atoms with Crippen LogP contribution in [0.2, 0.25) is 0 Å². The van der Waals surface area contributed by atoms with Crippen LogP contribution in [0.15, 0.2) is 96.0 Å². The highest BCUT2D eigenvalue weighted by molar-refractivity contribution is 6.11. The van der Waals surface area contributed by atoms with Crippen LogP contribution in [0.3, 0.4) is 0 Å². The summed E-state index contributed by atoms with van der Waals surface area (Å²) in [6, 6.07) is 18.0. The number of ketones is 1. The zero-order chi connectivity index (χ0) is 22.2. The molecule has 0 spiro atoms. The Labute approximate surface area is 177 Å². The second kappa shape index (κ2) is 9.82. The van der Waals surface area contributed by atoms with E-state index in [1.54, 1.807) is 48.6 Å². The van der Waals surface area contributed by atoms with Crippen molar-refractivity contribution in [2.45, 2.75) is 6.61 Å². The number of para-hydroxylation sites is 1. The third kappa shape index (κ3) is 4.92. The van der Waals surface area contributed by atoms with Crippen LogP contribution in [0.1, 0.15) is 15.9 Å². The van der Waals surface area contributed by atoms with Gasteiger partial charge in [0.25, 0.3) is 0 Å². The molecule has 2 aromatic rings. The largest absolute Gasteiger partial charge is 0.434 e. The minimum absolute atomic E-state index is 0.0510. The number of carbonyl (C=O) groups is 1. The van der Waals surface area contributed by atoms with Crippen molar-refractivity contribution in [1.29, 1.82) is 10.5 Å². The SMILES string of the molecule is N#CC(C#N)=C1C=CC=CN1/C(=C\c1ccccc1OC(F)F)C(=O)c1ccccc1. The van der Waals surface area contributed by atoms with Gasteiger partial charge in [-0.1, -0.05) is 54.6 Å². The first-order chi connectivity index (χ1) is 15.0.